The van der Waals surface area contributed by atoms with Gasteiger partial charge in [-0.3, -0.25) is 0 Å². The smallest absolute Gasteiger partial charge is 0.335 e. The zero-order valence-electron chi connectivity index (χ0n) is 8.68. The normalized spacial score (nSPS) is 9.44. The van der Waals surface area contributed by atoms with Crippen molar-refractivity contribution in [2.45, 2.75) is 0 Å². The second kappa shape index (κ2) is 6.49. The Balaban J connectivity index is 2.39. The molecule has 0 fully saturated rings. The fraction of sp³-hybridized carbons (Fsp3) is 0.250. The third-order valence-corrected chi connectivity index (χ3v) is 1.76. The summed E-state index contributed by atoms with van der Waals surface area (Å²) in [4.78, 5) is 10.7. The van der Waals surface area contributed by atoms with Gasteiger partial charge in [0.05, 0.1) is 12.2 Å². The van der Waals surface area contributed by atoms with E-state index in [1.54, 1.807) is 12.1 Å². The highest BCUT2D eigenvalue weighted by atomic mass is 16.5. The van der Waals surface area contributed by atoms with Crippen LogP contribution in [0.15, 0.2) is 24.3 Å². The lowest BCUT2D eigenvalue weighted by molar-refractivity contribution is 0.0696. The van der Waals surface area contributed by atoms with Crippen LogP contribution in [0.3, 0.4) is 0 Å². The number of ether oxygens (including phenoxy) is 2. The van der Waals surface area contributed by atoms with Crippen LogP contribution in [-0.2, 0) is 4.74 Å². The SMILES string of the molecule is C#CCOCCOc1cccc(C(=O)O)c1. The third-order valence-electron chi connectivity index (χ3n) is 1.76. The molecule has 0 saturated heterocycles. The first-order chi connectivity index (χ1) is 7.74. The van der Waals surface area contributed by atoms with Crippen molar-refractivity contribution in [3.63, 3.8) is 0 Å². The van der Waals surface area contributed by atoms with Crippen molar-refractivity contribution < 1.29 is 19.4 Å². The Morgan fingerprint density at radius 1 is 1.44 bits per heavy atom. The van der Waals surface area contributed by atoms with Crippen LogP contribution in [0.25, 0.3) is 0 Å². The molecule has 4 heteroatoms. The summed E-state index contributed by atoms with van der Waals surface area (Å²) in [5.41, 5.74) is 0.196. The molecule has 0 bridgehead atoms. The van der Waals surface area contributed by atoms with Crippen molar-refractivity contribution in [1.29, 1.82) is 0 Å². The lowest BCUT2D eigenvalue weighted by atomic mass is 10.2. The molecule has 0 aliphatic carbocycles. The molecule has 0 saturated carbocycles. The molecule has 0 heterocycles. The molecule has 4 nitrogen and oxygen atoms in total. The number of aromatic carboxylic acids is 1. The molecule has 0 spiro atoms. The molecule has 0 aliphatic rings. The fourth-order valence-corrected chi connectivity index (χ4v) is 1.07. The molecule has 0 radical (unpaired) electrons. The second-order valence-corrected chi connectivity index (χ2v) is 2.94. The summed E-state index contributed by atoms with van der Waals surface area (Å²) in [6.07, 6.45) is 4.99. The molecular formula is C12H12O4. The summed E-state index contributed by atoms with van der Waals surface area (Å²) >= 11 is 0. The Labute approximate surface area is 93.8 Å². The standard InChI is InChI=1S/C12H12O4/c1-2-6-15-7-8-16-11-5-3-4-10(9-11)12(13)14/h1,3-5,9H,6-8H2,(H,13,14). The number of hydrogen-bond acceptors (Lipinski definition) is 3. The van der Waals surface area contributed by atoms with Gasteiger partial charge < -0.3 is 14.6 Å². The molecule has 0 amide bonds. The first-order valence-corrected chi connectivity index (χ1v) is 4.71. The van der Waals surface area contributed by atoms with Gasteiger partial charge in [0.25, 0.3) is 0 Å². The average Bonchev–Trinajstić information content (AvgIpc) is 2.29. The maximum absolute atomic E-state index is 10.7. The Bertz CT molecular complexity index is 392. The van der Waals surface area contributed by atoms with E-state index in [1.807, 2.05) is 0 Å². The summed E-state index contributed by atoms with van der Waals surface area (Å²) in [7, 11) is 0. The third kappa shape index (κ3) is 4.03. The number of benzene rings is 1. The maximum Gasteiger partial charge on any atom is 0.335 e. The van der Waals surface area contributed by atoms with Crippen LogP contribution in [0, 0.1) is 12.3 Å². The summed E-state index contributed by atoms with van der Waals surface area (Å²) in [5.74, 6) is 1.86. The van der Waals surface area contributed by atoms with Gasteiger partial charge in [-0.2, -0.15) is 0 Å². The first kappa shape index (κ1) is 12.1. The van der Waals surface area contributed by atoms with E-state index in [4.69, 9.17) is 21.0 Å². The monoisotopic (exact) mass is 220 g/mol. The van der Waals surface area contributed by atoms with Gasteiger partial charge >= 0.3 is 5.97 Å². The number of terminal acetylenes is 1. The highest BCUT2D eigenvalue weighted by molar-refractivity contribution is 5.87. The molecule has 0 atom stereocenters. The van der Waals surface area contributed by atoms with Crippen LogP contribution in [-0.4, -0.2) is 30.9 Å². The van der Waals surface area contributed by atoms with E-state index >= 15 is 0 Å². The summed E-state index contributed by atoms with van der Waals surface area (Å²) in [5, 5.41) is 8.75. The minimum absolute atomic E-state index is 0.196. The number of carboxylic acids is 1. The van der Waals surface area contributed by atoms with E-state index in [0.29, 0.717) is 19.0 Å². The van der Waals surface area contributed by atoms with Crippen LogP contribution in [0.4, 0.5) is 0 Å². The van der Waals surface area contributed by atoms with Crippen molar-refractivity contribution in [2.75, 3.05) is 19.8 Å². The van der Waals surface area contributed by atoms with Gasteiger partial charge in [0.15, 0.2) is 0 Å². The quantitative estimate of drug-likeness (QED) is 0.581. The molecule has 1 rings (SSSR count). The van der Waals surface area contributed by atoms with Gasteiger partial charge in [-0.05, 0) is 18.2 Å². The van der Waals surface area contributed by atoms with Gasteiger partial charge in [-0.15, -0.1) is 6.42 Å². The molecule has 0 aliphatic heterocycles. The Morgan fingerprint density at radius 2 is 2.25 bits per heavy atom. The van der Waals surface area contributed by atoms with Crippen molar-refractivity contribution in [1.82, 2.24) is 0 Å². The van der Waals surface area contributed by atoms with E-state index < -0.39 is 5.97 Å². The predicted octanol–water partition coefficient (Wildman–Crippen LogP) is 1.41. The lowest BCUT2D eigenvalue weighted by Gasteiger charge is -2.06. The Kier molecular flexibility index (Phi) is 4.90. The first-order valence-electron chi connectivity index (χ1n) is 4.71. The second-order valence-electron chi connectivity index (χ2n) is 2.94. The molecule has 1 N–H and O–H groups in total. The van der Waals surface area contributed by atoms with E-state index in [0.717, 1.165) is 0 Å². The molecule has 1 aromatic carbocycles. The van der Waals surface area contributed by atoms with Gasteiger partial charge in [0.2, 0.25) is 0 Å². The number of carboxylic acid groups (broad SMARTS) is 1. The number of hydrogen-bond donors (Lipinski definition) is 1. The molecule has 84 valence electrons. The molecule has 1 aromatic rings. The lowest BCUT2D eigenvalue weighted by Crippen LogP contribution is -2.07. The molecular weight excluding hydrogens is 208 g/mol. The summed E-state index contributed by atoms with van der Waals surface area (Å²) in [6.45, 7) is 0.963. The average molecular weight is 220 g/mol. The fourth-order valence-electron chi connectivity index (χ4n) is 1.07. The molecule has 0 aromatic heterocycles. The van der Waals surface area contributed by atoms with Crippen LogP contribution in [0.5, 0.6) is 5.75 Å². The van der Waals surface area contributed by atoms with Crippen LogP contribution < -0.4 is 4.74 Å². The van der Waals surface area contributed by atoms with E-state index in [2.05, 4.69) is 5.92 Å². The molecule has 0 unspecified atom stereocenters. The zero-order chi connectivity index (χ0) is 11.8. The number of carbonyl (C=O) groups is 1. The van der Waals surface area contributed by atoms with Crippen molar-refractivity contribution in [3.8, 4) is 18.1 Å². The Hall–Kier alpha value is -1.99. The topological polar surface area (TPSA) is 55.8 Å². The van der Waals surface area contributed by atoms with Gasteiger partial charge in [0.1, 0.15) is 19.0 Å². The van der Waals surface area contributed by atoms with E-state index in [1.165, 1.54) is 12.1 Å². The minimum atomic E-state index is -0.978. The predicted molar refractivity (Wildman–Crippen MR) is 58.5 cm³/mol. The van der Waals surface area contributed by atoms with E-state index in [-0.39, 0.29) is 12.2 Å². The number of rotatable bonds is 6. The van der Waals surface area contributed by atoms with Gasteiger partial charge in [-0.25, -0.2) is 4.79 Å². The highest BCUT2D eigenvalue weighted by Gasteiger charge is 2.03. The Morgan fingerprint density at radius 3 is 2.94 bits per heavy atom. The largest absolute Gasteiger partial charge is 0.491 e. The zero-order valence-corrected chi connectivity index (χ0v) is 8.68. The maximum atomic E-state index is 10.7. The molecule has 16 heavy (non-hydrogen) atoms. The van der Waals surface area contributed by atoms with Gasteiger partial charge in [0, 0.05) is 0 Å². The van der Waals surface area contributed by atoms with Gasteiger partial charge in [-0.1, -0.05) is 12.0 Å². The van der Waals surface area contributed by atoms with Crippen molar-refractivity contribution >= 4 is 5.97 Å². The van der Waals surface area contributed by atoms with Crippen LogP contribution in [0.2, 0.25) is 0 Å². The summed E-state index contributed by atoms with van der Waals surface area (Å²) in [6, 6.07) is 6.28. The van der Waals surface area contributed by atoms with E-state index in [9.17, 15) is 4.79 Å². The van der Waals surface area contributed by atoms with Crippen LogP contribution in [0.1, 0.15) is 10.4 Å². The summed E-state index contributed by atoms with van der Waals surface area (Å²) < 4.78 is 10.3. The van der Waals surface area contributed by atoms with Crippen LogP contribution >= 0.6 is 0 Å². The minimum Gasteiger partial charge on any atom is -0.491 e. The van der Waals surface area contributed by atoms with Crippen molar-refractivity contribution in [2.24, 2.45) is 0 Å². The highest BCUT2D eigenvalue weighted by Crippen LogP contribution is 2.12. The van der Waals surface area contributed by atoms with Crippen molar-refractivity contribution in [3.05, 3.63) is 29.8 Å².